The van der Waals surface area contributed by atoms with Gasteiger partial charge in [-0.25, -0.2) is 0 Å². The first-order chi connectivity index (χ1) is 11.7. The molecule has 0 aliphatic carbocycles. The van der Waals surface area contributed by atoms with E-state index in [0.29, 0.717) is 12.1 Å². The molecule has 2 rings (SSSR count). The highest BCUT2D eigenvalue weighted by Gasteiger charge is 2.03. The zero-order valence-electron chi connectivity index (χ0n) is 13.8. The van der Waals surface area contributed by atoms with E-state index >= 15 is 0 Å². The van der Waals surface area contributed by atoms with Gasteiger partial charge >= 0.3 is 0 Å². The molecule has 0 unspecified atom stereocenters. The number of carbonyl (C=O) groups excluding carboxylic acids is 1. The number of hydrogen-bond acceptors (Lipinski definition) is 2. The maximum Gasteiger partial charge on any atom is 0.252 e. The van der Waals surface area contributed by atoms with Gasteiger partial charge in [0.05, 0.1) is 6.54 Å². The van der Waals surface area contributed by atoms with Gasteiger partial charge in [0.25, 0.3) is 5.91 Å². The SMILES string of the molecule is C=CCc1ccccc1OCC#CCNC(=O)c1cccc(C)c1. The molecule has 2 aromatic rings. The zero-order chi connectivity index (χ0) is 17.2. The van der Waals surface area contributed by atoms with Crippen molar-refractivity contribution in [3.63, 3.8) is 0 Å². The number of aryl methyl sites for hydroxylation is 1. The van der Waals surface area contributed by atoms with Crippen LogP contribution in [0.2, 0.25) is 0 Å². The summed E-state index contributed by atoms with van der Waals surface area (Å²) in [6, 6.07) is 15.3. The molecule has 0 spiro atoms. The van der Waals surface area contributed by atoms with Crippen LogP contribution in [0.3, 0.4) is 0 Å². The second kappa shape index (κ2) is 9.22. The van der Waals surface area contributed by atoms with Gasteiger partial charge < -0.3 is 10.1 Å². The zero-order valence-corrected chi connectivity index (χ0v) is 13.8. The molecule has 3 nitrogen and oxygen atoms in total. The van der Waals surface area contributed by atoms with Crippen LogP contribution in [0.5, 0.6) is 5.75 Å². The number of allylic oxidation sites excluding steroid dienone is 1. The topological polar surface area (TPSA) is 38.3 Å². The lowest BCUT2D eigenvalue weighted by molar-refractivity contribution is 0.0958. The third kappa shape index (κ3) is 5.33. The maximum absolute atomic E-state index is 11.9. The molecule has 0 heterocycles. The number of carbonyl (C=O) groups is 1. The number of benzene rings is 2. The summed E-state index contributed by atoms with van der Waals surface area (Å²) in [5, 5.41) is 2.78. The molecule has 2 aromatic carbocycles. The van der Waals surface area contributed by atoms with E-state index in [-0.39, 0.29) is 12.5 Å². The van der Waals surface area contributed by atoms with E-state index in [1.54, 1.807) is 6.07 Å². The number of ether oxygens (including phenoxy) is 1. The second-order valence-corrected chi connectivity index (χ2v) is 5.29. The van der Waals surface area contributed by atoms with E-state index < -0.39 is 0 Å². The Hall–Kier alpha value is -2.99. The van der Waals surface area contributed by atoms with Crippen molar-refractivity contribution in [3.05, 3.63) is 77.9 Å². The summed E-state index contributed by atoms with van der Waals surface area (Å²) in [5.74, 6) is 6.50. The highest BCUT2D eigenvalue weighted by Crippen LogP contribution is 2.18. The van der Waals surface area contributed by atoms with Gasteiger partial charge in [-0.3, -0.25) is 4.79 Å². The molecule has 0 saturated carbocycles. The fraction of sp³-hybridized carbons (Fsp3) is 0.190. The Balaban J connectivity index is 1.78. The van der Waals surface area contributed by atoms with Gasteiger partial charge in [0.1, 0.15) is 12.4 Å². The molecule has 0 fully saturated rings. The summed E-state index contributed by atoms with van der Waals surface area (Å²) in [6.07, 6.45) is 2.60. The average molecular weight is 319 g/mol. The standard InChI is InChI=1S/C21H21NO2/c1-3-9-18-11-4-5-13-20(18)24-15-7-6-14-22-21(23)19-12-8-10-17(2)16-19/h3-5,8,10-13,16H,1,9,14-15H2,2H3,(H,22,23). The minimum Gasteiger partial charge on any atom is -0.481 e. The monoisotopic (exact) mass is 319 g/mol. The first kappa shape index (κ1) is 17.4. The van der Waals surface area contributed by atoms with E-state index in [0.717, 1.165) is 23.3 Å². The van der Waals surface area contributed by atoms with Crippen LogP contribution in [0, 0.1) is 18.8 Å². The predicted molar refractivity (Wildman–Crippen MR) is 97.1 cm³/mol. The molecule has 24 heavy (non-hydrogen) atoms. The molecule has 0 saturated heterocycles. The van der Waals surface area contributed by atoms with Crippen molar-refractivity contribution in [3.8, 4) is 17.6 Å². The van der Waals surface area contributed by atoms with Gasteiger partial charge in [-0.2, -0.15) is 0 Å². The number of amides is 1. The van der Waals surface area contributed by atoms with Gasteiger partial charge in [-0.15, -0.1) is 6.58 Å². The summed E-state index contributed by atoms with van der Waals surface area (Å²) in [4.78, 5) is 11.9. The van der Waals surface area contributed by atoms with Gasteiger partial charge in [0.15, 0.2) is 0 Å². The van der Waals surface area contributed by atoms with Crippen molar-refractivity contribution in [1.29, 1.82) is 0 Å². The van der Waals surface area contributed by atoms with Crippen LogP contribution in [0.15, 0.2) is 61.2 Å². The van der Waals surface area contributed by atoms with E-state index in [2.05, 4.69) is 23.7 Å². The Bertz CT molecular complexity index is 769. The van der Waals surface area contributed by atoms with Crippen molar-refractivity contribution >= 4 is 5.91 Å². The molecule has 1 N–H and O–H groups in total. The van der Waals surface area contributed by atoms with E-state index in [4.69, 9.17) is 4.74 Å². The number of rotatable bonds is 6. The first-order valence-corrected chi connectivity index (χ1v) is 7.83. The van der Waals surface area contributed by atoms with Crippen molar-refractivity contribution < 1.29 is 9.53 Å². The molecule has 3 heteroatoms. The quantitative estimate of drug-likeness (QED) is 0.653. The molecular weight excluding hydrogens is 298 g/mol. The van der Waals surface area contributed by atoms with E-state index in [1.807, 2.05) is 55.5 Å². The van der Waals surface area contributed by atoms with Gasteiger partial charge in [0.2, 0.25) is 0 Å². The Morgan fingerprint density at radius 3 is 2.83 bits per heavy atom. The molecule has 0 aliphatic heterocycles. The average Bonchev–Trinajstić information content (AvgIpc) is 2.59. The predicted octanol–water partition coefficient (Wildman–Crippen LogP) is 3.54. The lowest BCUT2D eigenvalue weighted by atomic mass is 10.1. The Kier molecular flexibility index (Phi) is 6.67. The smallest absolute Gasteiger partial charge is 0.252 e. The summed E-state index contributed by atoms with van der Waals surface area (Å²) in [6.45, 7) is 6.28. The van der Waals surface area contributed by atoms with Crippen molar-refractivity contribution in [2.75, 3.05) is 13.2 Å². The summed E-state index contributed by atoms with van der Waals surface area (Å²) in [5.41, 5.74) is 2.79. The third-order valence-electron chi connectivity index (χ3n) is 3.38. The van der Waals surface area contributed by atoms with Crippen molar-refractivity contribution in [2.24, 2.45) is 0 Å². The summed E-state index contributed by atoms with van der Waals surface area (Å²) >= 11 is 0. The molecule has 122 valence electrons. The van der Waals surface area contributed by atoms with Crippen LogP contribution in [-0.4, -0.2) is 19.1 Å². The van der Waals surface area contributed by atoms with Gasteiger partial charge in [-0.05, 0) is 37.1 Å². The highest BCUT2D eigenvalue weighted by molar-refractivity contribution is 5.94. The third-order valence-corrected chi connectivity index (χ3v) is 3.38. The number of nitrogens with one attached hydrogen (secondary N) is 1. The minimum atomic E-state index is -0.120. The molecule has 0 aliphatic rings. The largest absolute Gasteiger partial charge is 0.481 e. The summed E-state index contributed by atoms with van der Waals surface area (Å²) in [7, 11) is 0. The molecule has 0 aromatic heterocycles. The molecule has 0 atom stereocenters. The fourth-order valence-corrected chi connectivity index (χ4v) is 2.21. The number of hydrogen-bond donors (Lipinski definition) is 1. The summed E-state index contributed by atoms with van der Waals surface area (Å²) < 4.78 is 5.66. The van der Waals surface area contributed by atoms with Crippen LogP contribution in [0.25, 0.3) is 0 Å². The first-order valence-electron chi connectivity index (χ1n) is 7.83. The Morgan fingerprint density at radius 2 is 2.04 bits per heavy atom. The van der Waals surface area contributed by atoms with Crippen molar-refractivity contribution in [1.82, 2.24) is 5.32 Å². The molecule has 1 amide bonds. The van der Waals surface area contributed by atoms with Crippen LogP contribution >= 0.6 is 0 Å². The maximum atomic E-state index is 11.9. The van der Waals surface area contributed by atoms with Crippen LogP contribution in [0.1, 0.15) is 21.5 Å². The number of para-hydroxylation sites is 1. The highest BCUT2D eigenvalue weighted by atomic mass is 16.5. The Morgan fingerprint density at radius 1 is 1.21 bits per heavy atom. The van der Waals surface area contributed by atoms with E-state index in [1.165, 1.54) is 0 Å². The van der Waals surface area contributed by atoms with Gasteiger partial charge in [0, 0.05) is 5.56 Å². The fourth-order valence-electron chi connectivity index (χ4n) is 2.21. The molecular formula is C21H21NO2. The van der Waals surface area contributed by atoms with Gasteiger partial charge in [-0.1, -0.05) is 53.8 Å². The molecule has 0 bridgehead atoms. The lowest BCUT2D eigenvalue weighted by Gasteiger charge is -2.07. The molecule has 0 radical (unpaired) electrons. The lowest BCUT2D eigenvalue weighted by Crippen LogP contribution is -2.23. The second-order valence-electron chi connectivity index (χ2n) is 5.29. The van der Waals surface area contributed by atoms with Crippen LogP contribution in [-0.2, 0) is 6.42 Å². The minimum absolute atomic E-state index is 0.120. The van der Waals surface area contributed by atoms with E-state index in [9.17, 15) is 4.79 Å². The van der Waals surface area contributed by atoms with Crippen molar-refractivity contribution in [2.45, 2.75) is 13.3 Å². The van der Waals surface area contributed by atoms with Crippen LogP contribution < -0.4 is 10.1 Å². The Labute approximate surface area is 143 Å². The van der Waals surface area contributed by atoms with Crippen LogP contribution in [0.4, 0.5) is 0 Å². The normalized spacial score (nSPS) is 9.54.